The summed E-state index contributed by atoms with van der Waals surface area (Å²) in [5.41, 5.74) is -0.841. The van der Waals surface area contributed by atoms with Gasteiger partial charge in [0, 0.05) is 12.1 Å². The number of carboxylic acid groups (broad SMARTS) is 2. The monoisotopic (exact) mass is 303 g/mol. The van der Waals surface area contributed by atoms with Crippen molar-refractivity contribution in [3.8, 4) is 11.3 Å². The molecule has 0 unspecified atom stereocenters. The minimum Gasteiger partial charge on any atom is -0.477 e. The molecule has 0 aliphatic carbocycles. The Morgan fingerprint density at radius 2 is 1.73 bits per heavy atom. The van der Waals surface area contributed by atoms with Crippen molar-refractivity contribution in [1.29, 1.82) is 0 Å². The fourth-order valence-electron chi connectivity index (χ4n) is 1.77. The molecule has 0 fully saturated rings. The highest BCUT2D eigenvalue weighted by molar-refractivity contribution is 6.16. The zero-order valence-corrected chi connectivity index (χ0v) is 10.9. The molecule has 1 aromatic heterocycles. The number of nitrogens with zero attached hydrogens (tertiary/aromatic N) is 1. The van der Waals surface area contributed by atoms with Crippen LogP contribution in [0.4, 0.5) is 5.69 Å². The molecule has 2 aromatic rings. The summed E-state index contributed by atoms with van der Waals surface area (Å²) in [5, 5.41) is 28.5. The quantitative estimate of drug-likeness (QED) is 0.285. The number of hydrogen-bond donors (Lipinski definition) is 2. The first-order valence-electron chi connectivity index (χ1n) is 5.92. The van der Waals surface area contributed by atoms with Gasteiger partial charge in [0.05, 0.1) is 10.5 Å². The van der Waals surface area contributed by atoms with Crippen LogP contribution < -0.4 is 0 Å². The lowest BCUT2D eigenvalue weighted by atomic mass is 10.1. The van der Waals surface area contributed by atoms with Gasteiger partial charge >= 0.3 is 11.9 Å². The van der Waals surface area contributed by atoms with Gasteiger partial charge in [0.15, 0.2) is 0 Å². The number of hydrogen-bond acceptors (Lipinski definition) is 5. The van der Waals surface area contributed by atoms with Crippen molar-refractivity contribution in [2.45, 2.75) is 0 Å². The van der Waals surface area contributed by atoms with E-state index in [1.807, 2.05) is 0 Å². The van der Waals surface area contributed by atoms with Crippen molar-refractivity contribution in [2.24, 2.45) is 0 Å². The molecule has 0 aliphatic rings. The van der Waals surface area contributed by atoms with Gasteiger partial charge in [-0.15, -0.1) is 0 Å². The maximum absolute atomic E-state index is 11.0. The molecule has 8 heteroatoms. The van der Waals surface area contributed by atoms with Crippen molar-refractivity contribution in [1.82, 2.24) is 0 Å². The Morgan fingerprint density at radius 1 is 1.09 bits per heavy atom. The predicted molar refractivity (Wildman–Crippen MR) is 74.0 cm³/mol. The molecule has 8 nitrogen and oxygen atoms in total. The van der Waals surface area contributed by atoms with E-state index in [2.05, 4.69) is 0 Å². The Balaban J connectivity index is 2.45. The molecule has 0 amide bonds. The molecule has 1 heterocycles. The summed E-state index contributed by atoms with van der Waals surface area (Å²) in [4.78, 5) is 31.9. The van der Waals surface area contributed by atoms with Crippen LogP contribution in [0.1, 0.15) is 5.76 Å². The largest absolute Gasteiger partial charge is 0.477 e. The molecule has 0 radical (unpaired) electrons. The lowest BCUT2D eigenvalue weighted by Gasteiger charge is -1.99. The van der Waals surface area contributed by atoms with E-state index in [0.29, 0.717) is 0 Å². The number of carbonyl (C=O) groups is 2. The number of benzene rings is 1. The highest BCUT2D eigenvalue weighted by Crippen LogP contribution is 2.31. The Morgan fingerprint density at radius 3 is 2.32 bits per heavy atom. The SMILES string of the molecule is O=C(O)C(=Cc1ccc(-c2ccccc2[N+](=O)[O-])o1)C(=O)O. The Hall–Kier alpha value is -3.42. The first-order valence-corrected chi connectivity index (χ1v) is 5.92. The second kappa shape index (κ2) is 5.92. The average molecular weight is 303 g/mol. The number of nitro groups is 1. The highest BCUT2D eigenvalue weighted by atomic mass is 16.6. The number of aliphatic carboxylic acids is 2. The van der Waals surface area contributed by atoms with E-state index in [0.717, 1.165) is 6.08 Å². The van der Waals surface area contributed by atoms with Crippen molar-refractivity contribution in [3.63, 3.8) is 0 Å². The zero-order chi connectivity index (χ0) is 16.3. The van der Waals surface area contributed by atoms with Crippen molar-refractivity contribution < 1.29 is 29.1 Å². The summed E-state index contributed by atoms with van der Waals surface area (Å²) in [6, 6.07) is 8.58. The lowest BCUT2D eigenvalue weighted by Crippen LogP contribution is -2.10. The van der Waals surface area contributed by atoms with Gasteiger partial charge in [0.1, 0.15) is 17.1 Å². The van der Waals surface area contributed by atoms with E-state index in [4.69, 9.17) is 14.6 Å². The van der Waals surface area contributed by atoms with Crippen LogP contribution in [0, 0.1) is 10.1 Å². The Kier molecular flexibility index (Phi) is 4.03. The maximum Gasteiger partial charge on any atom is 0.343 e. The third-order valence-corrected chi connectivity index (χ3v) is 2.74. The number of rotatable bonds is 5. The zero-order valence-electron chi connectivity index (χ0n) is 10.9. The molecule has 0 saturated carbocycles. The molecule has 0 saturated heterocycles. The van der Waals surface area contributed by atoms with Crippen LogP contribution in [0.25, 0.3) is 17.4 Å². The van der Waals surface area contributed by atoms with E-state index in [1.165, 1.54) is 30.3 Å². The number of carboxylic acids is 2. The predicted octanol–water partition coefficient (Wildman–Crippen LogP) is 2.41. The van der Waals surface area contributed by atoms with Crippen LogP contribution >= 0.6 is 0 Å². The summed E-state index contributed by atoms with van der Waals surface area (Å²) in [7, 11) is 0. The molecule has 22 heavy (non-hydrogen) atoms. The smallest absolute Gasteiger partial charge is 0.343 e. The number of para-hydroxylation sites is 1. The molecule has 0 spiro atoms. The number of nitro benzene ring substituents is 1. The minimum atomic E-state index is -1.61. The molecular weight excluding hydrogens is 294 g/mol. The fourth-order valence-corrected chi connectivity index (χ4v) is 1.77. The van der Waals surface area contributed by atoms with Crippen LogP contribution in [0.3, 0.4) is 0 Å². The van der Waals surface area contributed by atoms with Gasteiger partial charge in [-0.05, 0) is 18.2 Å². The number of furan rings is 1. The van der Waals surface area contributed by atoms with Gasteiger partial charge in [-0.2, -0.15) is 0 Å². The molecule has 2 N–H and O–H groups in total. The lowest BCUT2D eigenvalue weighted by molar-refractivity contribution is -0.384. The first kappa shape index (κ1) is 15.0. The van der Waals surface area contributed by atoms with E-state index in [-0.39, 0.29) is 22.8 Å². The topological polar surface area (TPSA) is 131 Å². The summed E-state index contributed by atoms with van der Waals surface area (Å²) >= 11 is 0. The summed E-state index contributed by atoms with van der Waals surface area (Å²) < 4.78 is 5.28. The highest BCUT2D eigenvalue weighted by Gasteiger charge is 2.19. The van der Waals surface area contributed by atoms with E-state index >= 15 is 0 Å². The second-order valence-electron chi connectivity index (χ2n) is 4.14. The van der Waals surface area contributed by atoms with Crippen LogP contribution in [0.2, 0.25) is 0 Å². The average Bonchev–Trinajstić information content (AvgIpc) is 2.92. The molecule has 2 rings (SSSR count). The van der Waals surface area contributed by atoms with Gasteiger partial charge < -0.3 is 14.6 Å². The van der Waals surface area contributed by atoms with Crippen molar-refractivity contribution in [2.75, 3.05) is 0 Å². The molecule has 0 aliphatic heterocycles. The Bertz CT molecular complexity index is 772. The van der Waals surface area contributed by atoms with E-state index in [1.54, 1.807) is 6.07 Å². The third-order valence-electron chi connectivity index (χ3n) is 2.74. The third kappa shape index (κ3) is 3.01. The maximum atomic E-state index is 11.0. The van der Waals surface area contributed by atoms with Gasteiger partial charge in [-0.3, -0.25) is 10.1 Å². The molecule has 1 aromatic carbocycles. The van der Waals surface area contributed by atoms with Gasteiger partial charge in [0.25, 0.3) is 5.69 Å². The molecular formula is C14H9NO7. The van der Waals surface area contributed by atoms with Gasteiger partial charge in [-0.25, -0.2) is 9.59 Å². The molecule has 112 valence electrons. The van der Waals surface area contributed by atoms with Crippen molar-refractivity contribution >= 4 is 23.7 Å². The first-order chi connectivity index (χ1) is 10.4. The second-order valence-corrected chi connectivity index (χ2v) is 4.14. The summed E-state index contributed by atoms with van der Waals surface area (Å²) in [6.07, 6.45) is 0.836. The molecule has 0 atom stereocenters. The fraction of sp³-hybridized carbons (Fsp3) is 0. The van der Waals surface area contributed by atoms with Crippen molar-refractivity contribution in [3.05, 3.63) is 57.8 Å². The summed E-state index contributed by atoms with van der Waals surface area (Å²) in [6.45, 7) is 0. The van der Waals surface area contributed by atoms with E-state index in [9.17, 15) is 19.7 Å². The Labute approximate surface area is 123 Å². The summed E-state index contributed by atoms with van der Waals surface area (Å²) in [5.74, 6) is -3.13. The van der Waals surface area contributed by atoms with E-state index < -0.39 is 22.4 Å². The standard InChI is InChI=1S/C14H9NO7/c16-13(17)10(14(18)19)7-8-5-6-12(22-8)9-3-1-2-4-11(9)15(20)21/h1-7H,(H,16,17)(H,18,19). The normalized spacial score (nSPS) is 10.0. The van der Waals surface area contributed by atoms with Crippen LogP contribution in [0.5, 0.6) is 0 Å². The van der Waals surface area contributed by atoms with Crippen LogP contribution in [0.15, 0.2) is 46.4 Å². The van der Waals surface area contributed by atoms with Gasteiger partial charge in [-0.1, -0.05) is 12.1 Å². The molecule has 0 bridgehead atoms. The van der Waals surface area contributed by atoms with Crippen LogP contribution in [-0.2, 0) is 9.59 Å². The van der Waals surface area contributed by atoms with Gasteiger partial charge in [0.2, 0.25) is 0 Å². The van der Waals surface area contributed by atoms with Crippen LogP contribution in [-0.4, -0.2) is 27.1 Å². The minimum absolute atomic E-state index is 0.0343.